The summed E-state index contributed by atoms with van der Waals surface area (Å²) in [4.78, 5) is 16.6. The number of nitrogens with zero attached hydrogens (tertiary/aromatic N) is 1. The first-order valence-electron chi connectivity index (χ1n) is 8.55. The fourth-order valence-corrected chi connectivity index (χ4v) is 3.16. The first kappa shape index (κ1) is 17.4. The average molecular weight is 381 g/mol. The highest BCUT2D eigenvalue weighted by Gasteiger charge is 2.15. The maximum Gasteiger partial charge on any atom is 0.258 e. The van der Waals surface area contributed by atoms with E-state index >= 15 is 0 Å². The monoisotopic (exact) mass is 380 g/mol. The second kappa shape index (κ2) is 7.29. The van der Waals surface area contributed by atoms with E-state index in [0.29, 0.717) is 22.0 Å². The van der Waals surface area contributed by atoms with Gasteiger partial charge in [0, 0.05) is 17.0 Å². The van der Waals surface area contributed by atoms with E-state index in [1.54, 1.807) is 24.4 Å². The second-order valence-electron chi connectivity index (χ2n) is 6.21. The van der Waals surface area contributed by atoms with Crippen molar-refractivity contribution in [3.63, 3.8) is 0 Å². The fourth-order valence-electron chi connectivity index (χ4n) is 2.94. The zero-order valence-corrected chi connectivity index (χ0v) is 15.4. The molecule has 1 N–H and O–H groups in total. The minimum atomic E-state index is -0.270. The van der Waals surface area contributed by atoms with Gasteiger partial charge in [-0.2, -0.15) is 0 Å². The summed E-state index contributed by atoms with van der Waals surface area (Å²) < 4.78 is 11.5. The Balaban J connectivity index is 1.43. The van der Waals surface area contributed by atoms with Crippen molar-refractivity contribution in [2.75, 3.05) is 6.61 Å². The molecule has 2 heterocycles. The molecule has 5 nitrogen and oxygen atoms in total. The number of fused-ring (bicyclic) bond motifs is 2. The number of hydrogen-bond donors (Lipinski definition) is 1. The van der Waals surface area contributed by atoms with Crippen molar-refractivity contribution in [1.29, 1.82) is 0 Å². The van der Waals surface area contributed by atoms with Gasteiger partial charge in [0.2, 0.25) is 0 Å². The molecule has 2 aromatic heterocycles. The van der Waals surface area contributed by atoms with Crippen LogP contribution < -0.4 is 10.1 Å². The highest BCUT2D eigenvalue weighted by Crippen LogP contribution is 2.29. The van der Waals surface area contributed by atoms with Crippen LogP contribution in [0.5, 0.6) is 5.75 Å². The molecule has 0 saturated heterocycles. The standard InChI is InChI=1S/C21H17ClN2O3/c1-13(19-11-14-5-2-3-7-17(14)27-19)24-20(25)12-26-18-9-8-16(22)15-6-4-10-23-21(15)18/h2-11,13H,12H2,1H3,(H,24,25)/t13-/m1/s1. The summed E-state index contributed by atoms with van der Waals surface area (Å²) in [7, 11) is 0. The van der Waals surface area contributed by atoms with Gasteiger partial charge in [0.1, 0.15) is 22.6 Å². The maximum absolute atomic E-state index is 12.3. The third-order valence-corrected chi connectivity index (χ3v) is 4.62. The number of benzene rings is 2. The highest BCUT2D eigenvalue weighted by atomic mass is 35.5. The average Bonchev–Trinajstić information content (AvgIpc) is 3.12. The maximum atomic E-state index is 12.3. The first-order valence-corrected chi connectivity index (χ1v) is 8.93. The molecule has 6 heteroatoms. The molecule has 0 radical (unpaired) electrons. The number of aromatic nitrogens is 1. The van der Waals surface area contributed by atoms with Gasteiger partial charge in [0.05, 0.1) is 11.1 Å². The van der Waals surface area contributed by atoms with Crippen LogP contribution in [0.2, 0.25) is 5.02 Å². The van der Waals surface area contributed by atoms with Crippen LogP contribution in [0.4, 0.5) is 0 Å². The molecule has 0 aliphatic rings. The quantitative estimate of drug-likeness (QED) is 0.535. The van der Waals surface area contributed by atoms with Crippen molar-refractivity contribution in [2.45, 2.75) is 13.0 Å². The van der Waals surface area contributed by atoms with E-state index in [1.807, 2.05) is 43.3 Å². The number of halogens is 1. The number of furan rings is 1. The van der Waals surface area contributed by atoms with Crippen molar-refractivity contribution in [1.82, 2.24) is 10.3 Å². The molecule has 0 aliphatic heterocycles. The van der Waals surface area contributed by atoms with Crippen LogP contribution in [0.3, 0.4) is 0 Å². The minimum Gasteiger partial charge on any atom is -0.481 e. The van der Waals surface area contributed by atoms with Crippen molar-refractivity contribution >= 4 is 39.4 Å². The summed E-state index contributed by atoms with van der Waals surface area (Å²) >= 11 is 6.18. The van der Waals surface area contributed by atoms with Gasteiger partial charge >= 0.3 is 0 Å². The van der Waals surface area contributed by atoms with Crippen LogP contribution in [-0.4, -0.2) is 17.5 Å². The summed E-state index contributed by atoms with van der Waals surface area (Å²) in [6.07, 6.45) is 1.66. The number of ether oxygens (including phenoxy) is 1. The van der Waals surface area contributed by atoms with Crippen LogP contribution in [-0.2, 0) is 4.79 Å². The zero-order valence-electron chi connectivity index (χ0n) is 14.6. The minimum absolute atomic E-state index is 0.127. The van der Waals surface area contributed by atoms with Crippen LogP contribution in [0.15, 0.2) is 65.2 Å². The Morgan fingerprint density at radius 2 is 2.07 bits per heavy atom. The number of nitrogens with one attached hydrogen (secondary N) is 1. The summed E-state index contributed by atoms with van der Waals surface area (Å²) in [5, 5.41) is 5.26. The molecular weight excluding hydrogens is 364 g/mol. The topological polar surface area (TPSA) is 64.4 Å². The number of pyridine rings is 1. The summed E-state index contributed by atoms with van der Waals surface area (Å²) in [6, 6.07) is 16.5. The summed E-state index contributed by atoms with van der Waals surface area (Å²) in [6.45, 7) is 1.74. The van der Waals surface area contributed by atoms with Gasteiger partial charge < -0.3 is 14.5 Å². The molecule has 0 bridgehead atoms. The number of para-hydroxylation sites is 1. The highest BCUT2D eigenvalue weighted by molar-refractivity contribution is 6.35. The van der Waals surface area contributed by atoms with E-state index in [4.69, 9.17) is 20.8 Å². The van der Waals surface area contributed by atoms with Gasteiger partial charge in [0.25, 0.3) is 5.91 Å². The van der Waals surface area contributed by atoms with Gasteiger partial charge in [-0.1, -0.05) is 29.8 Å². The lowest BCUT2D eigenvalue weighted by Gasteiger charge is -2.13. The van der Waals surface area contributed by atoms with Gasteiger partial charge in [0.15, 0.2) is 6.61 Å². The third kappa shape index (κ3) is 3.59. The molecule has 0 unspecified atom stereocenters. The molecule has 2 aromatic carbocycles. The van der Waals surface area contributed by atoms with E-state index in [0.717, 1.165) is 16.4 Å². The Hall–Kier alpha value is -3.05. The molecule has 4 aromatic rings. The molecule has 0 spiro atoms. The Bertz CT molecular complexity index is 1090. The first-order chi connectivity index (χ1) is 13.1. The predicted molar refractivity (Wildman–Crippen MR) is 105 cm³/mol. The van der Waals surface area contributed by atoms with E-state index in [2.05, 4.69) is 10.3 Å². The van der Waals surface area contributed by atoms with E-state index < -0.39 is 0 Å². The van der Waals surface area contributed by atoms with Crippen molar-refractivity contribution in [2.24, 2.45) is 0 Å². The van der Waals surface area contributed by atoms with Crippen molar-refractivity contribution in [3.05, 3.63) is 71.6 Å². The predicted octanol–water partition coefficient (Wildman–Crippen LogP) is 4.89. The lowest BCUT2D eigenvalue weighted by molar-refractivity contribution is -0.123. The second-order valence-corrected chi connectivity index (χ2v) is 6.62. The number of hydrogen-bond acceptors (Lipinski definition) is 4. The van der Waals surface area contributed by atoms with Gasteiger partial charge in [-0.25, -0.2) is 0 Å². The Kier molecular flexibility index (Phi) is 4.69. The number of carbonyl (C=O) groups is 1. The zero-order chi connectivity index (χ0) is 18.8. The normalized spacial score (nSPS) is 12.2. The Morgan fingerprint density at radius 1 is 1.22 bits per heavy atom. The number of rotatable bonds is 5. The lowest BCUT2D eigenvalue weighted by Crippen LogP contribution is -2.31. The Labute approximate surface area is 160 Å². The third-order valence-electron chi connectivity index (χ3n) is 4.29. The van der Waals surface area contributed by atoms with Crippen LogP contribution in [0.1, 0.15) is 18.7 Å². The number of amides is 1. The molecule has 136 valence electrons. The molecule has 1 atom stereocenters. The van der Waals surface area contributed by atoms with Crippen LogP contribution in [0.25, 0.3) is 21.9 Å². The largest absolute Gasteiger partial charge is 0.481 e. The molecule has 0 fully saturated rings. The SMILES string of the molecule is C[C@@H](NC(=O)COc1ccc(Cl)c2cccnc12)c1cc2ccccc2o1. The molecular formula is C21H17ClN2O3. The summed E-state index contributed by atoms with van der Waals surface area (Å²) in [5.41, 5.74) is 1.42. The fraction of sp³-hybridized carbons (Fsp3) is 0.143. The Morgan fingerprint density at radius 3 is 2.93 bits per heavy atom. The van der Waals surface area contributed by atoms with Crippen LogP contribution >= 0.6 is 11.6 Å². The van der Waals surface area contributed by atoms with E-state index in [9.17, 15) is 4.79 Å². The summed E-state index contributed by atoms with van der Waals surface area (Å²) in [5.74, 6) is 0.965. The van der Waals surface area contributed by atoms with E-state index in [1.165, 1.54) is 0 Å². The van der Waals surface area contributed by atoms with Crippen molar-refractivity contribution in [3.8, 4) is 5.75 Å². The van der Waals surface area contributed by atoms with Gasteiger partial charge in [-0.05, 0) is 43.3 Å². The van der Waals surface area contributed by atoms with Gasteiger partial charge in [-0.15, -0.1) is 0 Å². The number of carbonyl (C=O) groups excluding carboxylic acids is 1. The molecule has 0 aliphatic carbocycles. The van der Waals surface area contributed by atoms with Crippen LogP contribution in [0, 0.1) is 0 Å². The van der Waals surface area contributed by atoms with Crippen molar-refractivity contribution < 1.29 is 13.9 Å². The smallest absolute Gasteiger partial charge is 0.258 e. The molecule has 0 saturated carbocycles. The molecule has 4 rings (SSSR count). The van der Waals surface area contributed by atoms with E-state index in [-0.39, 0.29) is 18.6 Å². The molecule has 27 heavy (non-hydrogen) atoms. The van der Waals surface area contributed by atoms with Gasteiger partial charge in [-0.3, -0.25) is 9.78 Å². The molecule has 1 amide bonds. The lowest BCUT2D eigenvalue weighted by atomic mass is 10.2.